The van der Waals surface area contributed by atoms with Gasteiger partial charge in [-0.25, -0.2) is 0 Å². The highest BCUT2D eigenvalue weighted by Crippen LogP contribution is 2.34. The Morgan fingerprint density at radius 3 is 2.50 bits per heavy atom. The van der Waals surface area contributed by atoms with E-state index in [0.717, 1.165) is 12.8 Å². The van der Waals surface area contributed by atoms with E-state index in [9.17, 15) is 4.79 Å². The normalized spacial score (nSPS) is 21.9. The third-order valence-corrected chi connectivity index (χ3v) is 5.77. The van der Waals surface area contributed by atoms with E-state index in [4.69, 9.17) is 10.5 Å². The average molecular weight is 350 g/mol. The zero-order valence-electron chi connectivity index (χ0n) is 15.0. The van der Waals surface area contributed by atoms with Crippen LogP contribution in [0.5, 0.6) is 0 Å². The highest BCUT2D eigenvalue weighted by Gasteiger charge is 2.34. The van der Waals surface area contributed by atoms with Gasteiger partial charge in [0.05, 0.1) is 6.04 Å². The summed E-state index contributed by atoms with van der Waals surface area (Å²) < 4.78 is 5.42. The lowest BCUT2D eigenvalue weighted by Crippen LogP contribution is -2.51. The smallest absolute Gasteiger partial charge is 0.240 e. The molecule has 2 atom stereocenters. The minimum Gasteiger partial charge on any atom is -0.381 e. The monoisotopic (exact) mass is 350 g/mol. The largest absolute Gasteiger partial charge is 0.381 e. The zero-order valence-corrected chi connectivity index (χ0v) is 15.0. The van der Waals surface area contributed by atoms with Gasteiger partial charge < -0.3 is 15.4 Å². The standard InChI is InChI=1S/C22H26N2O2/c23-21(17-10-12-26-13-11-17)22(25)24-14-18-8-4-5-9-19(18)20(15-24)16-6-2-1-3-7-16/h1-9,17,20-21H,10-15,23H2. The molecule has 0 saturated carbocycles. The molecular weight excluding hydrogens is 324 g/mol. The van der Waals surface area contributed by atoms with Crippen molar-refractivity contribution in [1.29, 1.82) is 0 Å². The lowest BCUT2D eigenvalue weighted by molar-refractivity contribution is -0.135. The summed E-state index contributed by atoms with van der Waals surface area (Å²) in [4.78, 5) is 15.1. The number of hydrogen-bond donors (Lipinski definition) is 1. The fourth-order valence-electron chi connectivity index (χ4n) is 4.23. The van der Waals surface area contributed by atoms with E-state index >= 15 is 0 Å². The summed E-state index contributed by atoms with van der Waals surface area (Å²) in [6, 6.07) is 18.5. The predicted octanol–water partition coefficient (Wildman–Crippen LogP) is 2.91. The molecular formula is C22H26N2O2. The van der Waals surface area contributed by atoms with Crippen molar-refractivity contribution in [3.8, 4) is 0 Å². The Hall–Kier alpha value is -2.17. The number of benzene rings is 2. The molecule has 26 heavy (non-hydrogen) atoms. The number of nitrogens with zero attached hydrogens (tertiary/aromatic N) is 1. The second-order valence-corrected chi connectivity index (χ2v) is 7.36. The van der Waals surface area contributed by atoms with Gasteiger partial charge in [0.25, 0.3) is 0 Å². The van der Waals surface area contributed by atoms with Crippen LogP contribution in [-0.4, -0.2) is 36.6 Å². The fourth-order valence-corrected chi connectivity index (χ4v) is 4.23. The summed E-state index contributed by atoms with van der Waals surface area (Å²) in [7, 11) is 0. The van der Waals surface area contributed by atoms with E-state index < -0.39 is 6.04 Å². The van der Waals surface area contributed by atoms with Crippen LogP contribution in [0.15, 0.2) is 54.6 Å². The molecule has 2 aliphatic heterocycles. The van der Waals surface area contributed by atoms with Gasteiger partial charge in [-0.2, -0.15) is 0 Å². The van der Waals surface area contributed by atoms with Gasteiger partial charge in [-0.05, 0) is 35.4 Å². The number of nitrogens with two attached hydrogens (primary N) is 1. The van der Waals surface area contributed by atoms with Crippen molar-refractivity contribution in [2.45, 2.75) is 31.3 Å². The highest BCUT2D eigenvalue weighted by atomic mass is 16.5. The van der Waals surface area contributed by atoms with Gasteiger partial charge in [-0.1, -0.05) is 54.6 Å². The van der Waals surface area contributed by atoms with E-state index in [2.05, 4.69) is 42.5 Å². The molecule has 4 rings (SSSR count). The maximum Gasteiger partial charge on any atom is 0.240 e. The van der Waals surface area contributed by atoms with Gasteiger partial charge in [-0.15, -0.1) is 0 Å². The second kappa shape index (κ2) is 7.60. The van der Waals surface area contributed by atoms with Gasteiger partial charge in [0, 0.05) is 32.2 Å². The molecule has 2 aliphatic rings. The molecule has 0 spiro atoms. The Balaban J connectivity index is 1.59. The molecule has 136 valence electrons. The van der Waals surface area contributed by atoms with Crippen molar-refractivity contribution in [3.05, 3.63) is 71.3 Å². The van der Waals surface area contributed by atoms with E-state index in [1.54, 1.807) is 0 Å². The second-order valence-electron chi connectivity index (χ2n) is 7.36. The Kier molecular flexibility index (Phi) is 5.05. The quantitative estimate of drug-likeness (QED) is 0.926. The minimum atomic E-state index is -0.430. The number of amides is 1. The lowest BCUT2D eigenvalue weighted by Gasteiger charge is -2.38. The number of carbonyl (C=O) groups excluding carboxylic acids is 1. The molecule has 0 radical (unpaired) electrons. The predicted molar refractivity (Wildman–Crippen MR) is 102 cm³/mol. The Labute approximate surface area is 155 Å². The van der Waals surface area contributed by atoms with Crippen molar-refractivity contribution in [2.75, 3.05) is 19.8 Å². The summed E-state index contributed by atoms with van der Waals surface area (Å²) >= 11 is 0. The summed E-state index contributed by atoms with van der Waals surface area (Å²) in [6.07, 6.45) is 1.75. The maximum atomic E-state index is 13.1. The third-order valence-electron chi connectivity index (χ3n) is 5.77. The van der Waals surface area contributed by atoms with E-state index in [0.29, 0.717) is 26.3 Å². The summed E-state index contributed by atoms with van der Waals surface area (Å²) in [5.74, 6) is 0.503. The molecule has 1 saturated heterocycles. The molecule has 1 amide bonds. The van der Waals surface area contributed by atoms with E-state index in [-0.39, 0.29) is 17.7 Å². The highest BCUT2D eigenvalue weighted by molar-refractivity contribution is 5.82. The van der Waals surface area contributed by atoms with Crippen molar-refractivity contribution in [1.82, 2.24) is 4.90 Å². The molecule has 4 nitrogen and oxygen atoms in total. The Bertz CT molecular complexity index is 756. The van der Waals surface area contributed by atoms with Gasteiger partial charge in [0.2, 0.25) is 5.91 Å². The molecule has 4 heteroatoms. The number of hydrogen-bond acceptors (Lipinski definition) is 3. The van der Waals surface area contributed by atoms with Crippen molar-refractivity contribution >= 4 is 5.91 Å². The minimum absolute atomic E-state index is 0.0762. The van der Waals surface area contributed by atoms with Gasteiger partial charge in [0.15, 0.2) is 0 Å². The van der Waals surface area contributed by atoms with Crippen molar-refractivity contribution in [2.24, 2.45) is 11.7 Å². The fraction of sp³-hybridized carbons (Fsp3) is 0.409. The zero-order chi connectivity index (χ0) is 17.9. The van der Waals surface area contributed by atoms with Crippen LogP contribution in [0.4, 0.5) is 0 Å². The molecule has 0 bridgehead atoms. The van der Waals surface area contributed by atoms with Gasteiger partial charge >= 0.3 is 0 Å². The van der Waals surface area contributed by atoms with Crippen molar-refractivity contribution in [3.63, 3.8) is 0 Å². The number of rotatable bonds is 3. The van der Waals surface area contributed by atoms with Crippen LogP contribution in [-0.2, 0) is 16.1 Å². The topological polar surface area (TPSA) is 55.6 Å². The van der Waals surface area contributed by atoms with E-state index in [1.807, 2.05) is 17.0 Å². The van der Waals surface area contributed by atoms with Crippen LogP contribution < -0.4 is 5.73 Å². The summed E-state index contributed by atoms with van der Waals surface area (Å²) in [5, 5.41) is 0. The molecule has 1 fully saturated rings. The first-order chi connectivity index (χ1) is 12.7. The first-order valence-electron chi connectivity index (χ1n) is 9.49. The molecule has 2 aromatic rings. The lowest BCUT2D eigenvalue weighted by atomic mass is 9.83. The van der Waals surface area contributed by atoms with Crippen molar-refractivity contribution < 1.29 is 9.53 Å². The SMILES string of the molecule is NC(C(=O)N1Cc2ccccc2C(c2ccccc2)C1)C1CCOCC1. The average Bonchev–Trinajstić information content (AvgIpc) is 2.73. The summed E-state index contributed by atoms with van der Waals surface area (Å²) in [5.41, 5.74) is 10.2. The van der Waals surface area contributed by atoms with Crippen LogP contribution in [0.3, 0.4) is 0 Å². The number of ether oxygens (including phenoxy) is 1. The molecule has 2 N–H and O–H groups in total. The molecule has 2 aromatic carbocycles. The van der Waals surface area contributed by atoms with Crippen LogP contribution in [0, 0.1) is 5.92 Å². The van der Waals surface area contributed by atoms with E-state index in [1.165, 1.54) is 16.7 Å². The first kappa shape index (κ1) is 17.3. The van der Waals surface area contributed by atoms with Gasteiger partial charge in [0.1, 0.15) is 0 Å². The van der Waals surface area contributed by atoms with Crippen LogP contribution in [0.2, 0.25) is 0 Å². The molecule has 0 aliphatic carbocycles. The Morgan fingerprint density at radius 1 is 1.04 bits per heavy atom. The maximum absolute atomic E-state index is 13.1. The number of fused-ring (bicyclic) bond motifs is 1. The first-order valence-corrected chi connectivity index (χ1v) is 9.49. The van der Waals surface area contributed by atoms with Gasteiger partial charge in [-0.3, -0.25) is 4.79 Å². The number of carbonyl (C=O) groups is 1. The summed E-state index contributed by atoms with van der Waals surface area (Å²) in [6.45, 7) is 2.76. The van der Waals surface area contributed by atoms with Crippen LogP contribution >= 0.6 is 0 Å². The molecule has 0 aromatic heterocycles. The Morgan fingerprint density at radius 2 is 1.73 bits per heavy atom. The molecule has 2 unspecified atom stereocenters. The molecule has 2 heterocycles. The van der Waals surface area contributed by atoms with Crippen LogP contribution in [0.25, 0.3) is 0 Å². The van der Waals surface area contributed by atoms with Crippen LogP contribution in [0.1, 0.15) is 35.4 Å². The third kappa shape index (κ3) is 3.39.